The number of hydrogen-bond acceptors (Lipinski definition) is 4. The highest BCUT2D eigenvalue weighted by atomic mass is 16.5. The highest BCUT2D eigenvalue weighted by molar-refractivity contribution is 5.30. The normalized spacial score (nSPS) is 10.4. The topological polar surface area (TPSA) is 39.9 Å². The quantitative estimate of drug-likeness (QED) is 0.254. The van der Waals surface area contributed by atoms with E-state index in [9.17, 15) is 0 Å². The number of nitrogens with zero attached hydrogens (tertiary/aromatic N) is 1. The molecule has 5 nitrogen and oxygen atoms in total. The lowest BCUT2D eigenvalue weighted by molar-refractivity contribution is -0.476. The summed E-state index contributed by atoms with van der Waals surface area (Å²) in [6.45, 7) is 9.65. The van der Waals surface area contributed by atoms with E-state index in [1.807, 2.05) is 35.4 Å². The number of rotatable bonds is 12. The number of methoxy groups -OCH3 is 2. The Hall–Kier alpha value is -1.56. The first kappa shape index (κ1) is 17.5. The van der Waals surface area contributed by atoms with E-state index in [0.29, 0.717) is 33.0 Å². The lowest BCUT2D eigenvalue weighted by atomic mass is 10.2. The molecule has 0 aliphatic carbocycles. The first-order chi connectivity index (χ1) is 10.3. The predicted octanol–water partition coefficient (Wildman–Crippen LogP) is 1.60. The van der Waals surface area contributed by atoms with Crippen LogP contribution in [0.1, 0.15) is 5.56 Å². The average molecular weight is 295 g/mol. The minimum absolute atomic E-state index is 0.583. The molecule has 1 rings (SSSR count). The van der Waals surface area contributed by atoms with Gasteiger partial charge >= 0.3 is 0 Å². The Bertz CT molecular complexity index is 392. The monoisotopic (exact) mass is 295 g/mol. The Kier molecular flexibility index (Phi) is 9.28. The number of benzene rings is 1. The van der Waals surface area contributed by atoms with Crippen molar-refractivity contribution in [1.29, 1.82) is 0 Å². The summed E-state index contributed by atoms with van der Waals surface area (Å²) in [5, 5.41) is 0. The van der Waals surface area contributed by atoms with Crippen LogP contribution in [0, 0.1) is 6.54 Å². The van der Waals surface area contributed by atoms with Crippen LogP contribution in [-0.2, 0) is 14.2 Å². The summed E-state index contributed by atoms with van der Waals surface area (Å²) in [4.78, 5) is 0. The summed E-state index contributed by atoms with van der Waals surface area (Å²) < 4.78 is 22.6. The van der Waals surface area contributed by atoms with Crippen molar-refractivity contribution in [2.24, 2.45) is 0 Å². The maximum atomic E-state index is 5.47. The highest BCUT2D eigenvalue weighted by Gasteiger charge is 1.99. The van der Waals surface area contributed by atoms with Gasteiger partial charge in [-0.15, -0.1) is 12.1 Å². The Labute approximate surface area is 127 Å². The molecule has 0 bridgehead atoms. The first-order valence-electron chi connectivity index (χ1n) is 6.96. The molecule has 0 fully saturated rings. The molecule has 5 heteroatoms. The van der Waals surface area contributed by atoms with Gasteiger partial charge in [-0.2, -0.15) is 0 Å². The smallest absolute Gasteiger partial charge is 0.153 e. The van der Waals surface area contributed by atoms with E-state index in [1.54, 1.807) is 14.2 Å². The Balaban J connectivity index is 2.05. The second-order valence-electron chi connectivity index (χ2n) is 4.43. The summed E-state index contributed by atoms with van der Waals surface area (Å²) in [5.74, 6) is 0.847. The molecule has 0 N–H and O–H groups in total. The summed E-state index contributed by atoms with van der Waals surface area (Å²) in [7, 11) is 3.31. The van der Waals surface area contributed by atoms with Gasteiger partial charge in [-0.05, 0) is 0 Å². The van der Waals surface area contributed by atoms with E-state index in [-0.39, 0.29) is 0 Å². The van der Waals surface area contributed by atoms with Gasteiger partial charge in [0.05, 0.1) is 46.8 Å². The van der Waals surface area contributed by atoms with Gasteiger partial charge in [-0.3, -0.25) is 4.58 Å². The van der Waals surface area contributed by atoms with E-state index >= 15 is 0 Å². The third kappa shape index (κ3) is 8.34. The van der Waals surface area contributed by atoms with Crippen molar-refractivity contribution in [2.45, 2.75) is 0 Å². The van der Waals surface area contributed by atoms with Gasteiger partial charge in [0.2, 0.25) is 0 Å². The second-order valence-corrected chi connectivity index (χ2v) is 4.43. The third-order valence-electron chi connectivity index (χ3n) is 2.77. The van der Waals surface area contributed by atoms with Crippen LogP contribution in [0.4, 0.5) is 0 Å². The molecule has 21 heavy (non-hydrogen) atoms. The van der Waals surface area contributed by atoms with Crippen LogP contribution in [0.5, 0.6) is 5.75 Å². The summed E-state index contributed by atoms with van der Waals surface area (Å²) in [5.41, 5.74) is 1.08. The first-order valence-corrected chi connectivity index (χ1v) is 6.96. The van der Waals surface area contributed by atoms with Crippen molar-refractivity contribution in [3.63, 3.8) is 0 Å². The molecule has 1 aromatic carbocycles. The molecule has 0 amide bonds. The van der Waals surface area contributed by atoms with Crippen LogP contribution in [0.3, 0.4) is 0 Å². The van der Waals surface area contributed by atoms with E-state index in [2.05, 4.69) is 6.72 Å². The molecule has 0 saturated heterocycles. The van der Waals surface area contributed by atoms with Crippen LogP contribution in [0.25, 0.3) is 0 Å². The Morgan fingerprint density at radius 1 is 0.952 bits per heavy atom. The van der Waals surface area contributed by atoms with Gasteiger partial charge < -0.3 is 18.9 Å². The van der Waals surface area contributed by atoms with E-state index in [1.165, 1.54) is 0 Å². The highest BCUT2D eigenvalue weighted by Crippen LogP contribution is 2.12. The fourth-order valence-electron chi connectivity index (χ4n) is 1.61. The molecular formula is C16H25NO4. The summed E-state index contributed by atoms with van der Waals surface area (Å²) >= 11 is 0. The van der Waals surface area contributed by atoms with Crippen LogP contribution in [0.15, 0.2) is 24.3 Å². The Morgan fingerprint density at radius 2 is 1.57 bits per heavy atom. The molecule has 0 aromatic heterocycles. The average Bonchev–Trinajstić information content (AvgIpc) is 2.50. The number of ether oxygens (including phenoxy) is 4. The van der Waals surface area contributed by atoms with Crippen molar-refractivity contribution in [3.05, 3.63) is 36.4 Å². The fourth-order valence-corrected chi connectivity index (χ4v) is 1.61. The van der Waals surface area contributed by atoms with E-state index < -0.39 is 0 Å². The molecule has 0 aliphatic rings. The molecule has 118 valence electrons. The molecule has 0 saturated carbocycles. The van der Waals surface area contributed by atoms with Gasteiger partial charge in [-0.1, -0.05) is 17.7 Å². The third-order valence-corrected chi connectivity index (χ3v) is 2.77. The van der Waals surface area contributed by atoms with Gasteiger partial charge in [0, 0.05) is 7.11 Å². The molecule has 0 atom stereocenters. The molecular weight excluding hydrogens is 270 g/mol. The van der Waals surface area contributed by atoms with E-state index in [0.717, 1.165) is 17.9 Å². The van der Waals surface area contributed by atoms with Crippen LogP contribution in [0.2, 0.25) is 0 Å². The molecule has 0 aliphatic heterocycles. The maximum Gasteiger partial charge on any atom is 0.153 e. The van der Waals surface area contributed by atoms with Crippen molar-refractivity contribution in [2.75, 3.05) is 53.8 Å². The van der Waals surface area contributed by atoms with Crippen molar-refractivity contribution >= 4 is 6.72 Å². The Morgan fingerprint density at radius 3 is 2.19 bits per heavy atom. The summed E-state index contributed by atoms with van der Waals surface area (Å²) in [6, 6.07) is 7.82. The zero-order valence-electron chi connectivity index (χ0n) is 12.9. The number of hydrogen-bond donors (Lipinski definition) is 0. The van der Waals surface area contributed by atoms with Gasteiger partial charge in [0.15, 0.2) is 6.54 Å². The van der Waals surface area contributed by atoms with E-state index in [4.69, 9.17) is 18.9 Å². The minimum Gasteiger partial charge on any atom is -0.498 e. The molecule has 0 radical (unpaired) electrons. The van der Waals surface area contributed by atoms with Crippen LogP contribution >= 0.6 is 0 Å². The molecule has 1 aromatic rings. The fraction of sp³-hybridized carbons (Fsp3) is 0.500. The van der Waals surface area contributed by atoms with Gasteiger partial charge in [0.1, 0.15) is 12.4 Å². The SMILES string of the molecule is C=[N+]([CH-]c1ccc(OC)cc1)CCOCCOCCOC. The molecule has 0 heterocycles. The summed E-state index contributed by atoms with van der Waals surface area (Å²) in [6.07, 6.45) is 0. The van der Waals surface area contributed by atoms with Gasteiger partial charge in [-0.25, -0.2) is 0 Å². The standard InChI is InChI=1S/C16H25NO4/c1-17(8-9-20-12-13-21-11-10-18-2)14-15-4-6-16(19-3)7-5-15/h4-7,14H,1,8-13H2,2-3H3. The van der Waals surface area contributed by atoms with Crippen molar-refractivity contribution in [3.8, 4) is 5.75 Å². The minimum atomic E-state index is 0.583. The lowest BCUT2D eigenvalue weighted by Crippen LogP contribution is -2.16. The zero-order chi connectivity index (χ0) is 15.3. The maximum absolute atomic E-state index is 5.47. The van der Waals surface area contributed by atoms with Crippen molar-refractivity contribution in [1.82, 2.24) is 0 Å². The molecule has 0 unspecified atom stereocenters. The van der Waals surface area contributed by atoms with Gasteiger partial charge in [0.25, 0.3) is 0 Å². The second kappa shape index (κ2) is 11.1. The zero-order valence-corrected chi connectivity index (χ0v) is 12.9. The molecule has 0 spiro atoms. The van der Waals surface area contributed by atoms with Crippen molar-refractivity contribution < 1.29 is 23.5 Å². The van der Waals surface area contributed by atoms with Crippen LogP contribution < -0.4 is 4.74 Å². The lowest BCUT2D eigenvalue weighted by Gasteiger charge is -2.09. The largest absolute Gasteiger partial charge is 0.498 e. The predicted molar refractivity (Wildman–Crippen MR) is 82.2 cm³/mol. The van der Waals surface area contributed by atoms with Crippen LogP contribution in [-0.4, -0.2) is 65.1 Å².